The van der Waals surface area contributed by atoms with Crippen LogP contribution in [0.1, 0.15) is 18.2 Å². The molecule has 5 rings (SSSR count). The average molecular weight is 376 g/mol. The summed E-state index contributed by atoms with van der Waals surface area (Å²) >= 11 is 0. The van der Waals surface area contributed by atoms with Gasteiger partial charge in [-0.25, -0.2) is 4.98 Å². The van der Waals surface area contributed by atoms with Crippen LogP contribution in [-0.2, 0) is 17.8 Å². The van der Waals surface area contributed by atoms with Gasteiger partial charge in [-0.05, 0) is 37.0 Å². The van der Waals surface area contributed by atoms with E-state index in [2.05, 4.69) is 4.98 Å². The van der Waals surface area contributed by atoms with E-state index in [0.29, 0.717) is 29.9 Å². The zero-order valence-electron chi connectivity index (χ0n) is 15.3. The number of para-hydroxylation sites is 1. The van der Waals surface area contributed by atoms with Crippen molar-refractivity contribution in [3.8, 4) is 0 Å². The largest absolute Gasteiger partial charge is 0.339 e. The lowest BCUT2D eigenvalue weighted by atomic mass is 9.86. The fraction of sp³-hybridized carbons (Fsp3) is 0.333. The third kappa shape index (κ3) is 2.74. The van der Waals surface area contributed by atoms with E-state index >= 15 is 0 Å². The Kier molecular flexibility index (Phi) is 3.89. The van der Waals surface area contributed by atoms with Gasteiger partial charge >= 0.3 is 0 Å². The molecule has 1 amide bonds. The Hall–Kier alpha value is -3.22. The summed E-state index contributed by atoms with van der Waals surface area (Å²) in [6, 6.07) is 12.5. The first kappa shape index (κ1) is 16.9. The molecule has 2 aromatic heterocycles. The summed E-state index contributed by atoms with van der Waals surface area (Å²) in [7, 11) is 0. The zero-order chi connectivity index (χ0) is 19.3. The van der Waals surface area contributed by atoms with Crippen LogP contribution in [0.4, 0.5) is 0 Å². The highest BCUT2D eigenvalue weighted by atomic mass is 16.2. The van der Waals surface area contributed by atoms with Crippen molar-refractivity contribution in [2.75, 3.05) is 13.1 Å². The van der Waals surface area contributed by atoms with Gasteiger partial charge in [-0.15, -0.1) is 0 Å². The Morgan fingerprint density at radius 2 is 1.93 bits per heavy atom. The van der Waals surface area contributed by atoms with Crippen LogP contribution in [0, 0.1) is 5.92 Å². The number of piperidine rings is 1. The number of amides is 1. The first-order valence-corrected chi connectivity index (χ1v) is 9.52. The van der Waals surface area contributed by atoms with Gasteiger partial charge in [-0.3, -0.25) is 19.0 Å². The molecule has 142 valence electrons. The number of nitrogens with zero attached hydrogens (tertiary/aromatic N) is 4. The molecule has 2 aliphatic heterocycles. The number of aromatic nitrogens is 3. The summed E-state index contributed by atoms with van der Waals surface area (Å²) in [4.78, 5) is 44.0. The van der Waals surface area contributed by atoms with Gasteiger partial charge in [-0.1, -0.05) is 18.2 Å². The normalized spacial score (nSPS) is 20.8. The molecular weight excluding hydrogens is 356 g/mol. The summed E-state index contributed by atoms with van der Waals surface area (Å²) in [5.41, 5.74) is 1.46. The zero-order valence-corrected chi connectivity index (χ0v) is 15.3. The molecule has 0 N–H and O–H groups in total. The van der Waals surface area contributed by atoms with Gasteiger partial charge in [-0.2, -0.15) is 0 Å². The van der Waals surface area contributed by atoms with E-state index < -0.39 is 0 Å². The highest BCUT2D eigenvalue weighted by Gasteiger charge is 2.36. The second-order valence-electron chi connectivity index (χ2n) is 7.68. The molecule has 4 heterocycles. The van der Waals surface area contributed by atoms with E-state index in [1.165, 1.54) is 10.9 Å². The first-order chi connectivity index (χ1) is 13.6. The van der Waals surface area contributed by atoms with E-state index in [1.807, 2.05) is 16.7 Å². The Morgan fingerprint density at radius 1 is 1.07 bits per heavy atom. The third-order valence-corrected chi connectivity index (χ3v) is 5.84. The number of carbonyl (C=O) groups excluding carboxylic acids is 1. The maximum absolute atomic E-state index is 12.9. The van der Waals surface area contributed by atoms with Crippen molar-refractivity contribution in [2.45, 2.75) is 25.4 Å². The molecule has 1 aromatic carbocycles. The molecule has 0 aliphatic carbocycles. The van der Waals surface area contributed by atoms with E-state index in [-0.39, 0.29) is 29.6 Å². The van der Waals surface area contributed by atoms with Crippen molar-refractivity contribution in [3.63, 3.8) is 0 Å². The smallest absolute Gasteiger partial charge is 0.261 e. The molecule has 28 heavy (non-hydrogen) atoms. The van der Waals surface area contributed by atoms with Crippen molar-refractivity contribution in [1.29, 1.82) is 0 Å². The molecule has 0 unspecified atom stereocenters. The van der Waals surface area contributed by atoms with Gasteiger partial charge in [0.1, 0.15) is 6.54 Å². The maximum atomic E-state index is 12.9. The van der Waals surface area contributed by atoms with Crippen molar-refractivity contribution < 1.29 is 4.79 Å². The highest BCUT2D eigenvalue weighted by Crippen LogP contribution is 2.33. The standard InChI is InChI=1S/C21H20N4O3/c26-19-7-3-4-15-8-14-9-16(25(15)19)11-23(10-14)20(27)12-24-13-22-18-6-2-1-5-17(18)21(24)28/h1-7,13-14,16H,8-12H2/t14-,16-/m0/s1. The van der Waals surface area contributed by atoms with Crippen LogP contribution in [0.5, 0.6) is 0 Å². The lowest BCUT2D eigenvalue weighted by Gasteiger charge is -2.43. The lowest BCUT2D eigenvalue weighted by molar-refractivity contribution is -0.135. The number of pyridine rings is 1. The van der Waals surface area contributed by atoms with Crippen LogP contribution in [0.15, 0.2) is 58.4 Å². The fourth-order valence-electron chi connectivity index (χ4n) is 4.60. The Balaban J connectivity index is 1.40. The molecule has 0 saturated carbocycles. The van der Waals surface area contributed by atoms with E-state index in [4.69, 9.17) is 0 Å². The van der Waals surface area contributed by atoms with Crippen LogP contribution >= 0.6 is 0 Å². The van der Waals surface area contributed by atoms with Gasteiger partial charge < -0.3 is 9.47 Å². The summed E-state index contributed by atoms with van der Waals surface area (Å²) < 4.78 is 3.20. The highest BCUT2D eigenvalue weighted by molar-refractivity contribution is 5.79. The number of hydrogen-bond acceptors (Lipinski definition) is 4. The molecule has 1 fully saturated rings. The van der Waals surface area contributed by atoms with Crippen LogP contribution in [0.2, 0.25) is 0 Å². The third-order valence-electron chi connectivity index (χ3n) is 5.84. The molecule has 0 spiro atoms. The molecule has 7 heteroatoms. The van der Waals surface area contributed by atoms with E-state index in [9.17, 15) is 14.4 Å². The summed E-state index contributed by atoms with van der Waals surface area (Å²) in [5, 5.41) is 0.508. The van der Waals surface area contributed by atoms with E-state index in [0.717, 1.165) is 18.5 Å². The number of carbonyl (C=O) groups is 1. The van der Waals surface area contributed by atoms with Gasteiger partial charge in [0.25, 0.3) is 11.1 Å². The van der Waals surface area contributed by atoms with Crippen molar-refractivity contribution in [1.82, 2.24) is 19.0 Å². The monoisotopic (exact) mass is 376 g/mol. The van der Waals surface area contributed by atoms with Crippen molar-refractivity contribution in [3.05, 3.63) is 75.2 Å². The molecule has 1 saturated heterocycles. The average Bonchev–Trinajstić information content (AvgIpc) is 2.70. The van der Waals surface area contributed by atoms with Crippen LogP contribution in [-0.4, -0.2) is 38.0 Å². The molecule has 0 radical (unpaired) electrons. The fourth-order valence-corrected chi connectivity index (χ4v) is 4.60. The lowest BCUT2D eigenvalue weighted by Crippen LogP contribution is -2.51. The predicted molar refractivity (Wildman–Crippen MR) is 104 cm³/mol. The number of benzene rings is 1. The van der Waals surface area contributed by atoms with Gasteiger partial charge in [0.2, 0.25) is 5.91 Å². The first-order valence-electron chi connectivity index (χ1n) is 9.52. The topological polar surface area (TPSA) is 77.2 Å². The minimum absolute atomic E-state index is 0.00611. The minimum Gasteiger partial charge on any atom is -0.339 e. The van der Waals surface area contributed by atoms with Crippen molar-refractivity contribution >= 4 is 16.8 Å². The van der Waals surface area contributed by atoms with Gasteiger partial charge in [0.15, 0.2) is 0 Å². The molecular formula is C21H20N4O3. The predicted octanol–water partition coefficient (Wildman–Crippen LogP) is 1.20. The van der Waals surface area contributed by atoms with Crippen LogP contribution in [0.25, 0.3) is 10.9 Å². The molecule has 3 aromatic rings. The molecule has 7 nitrogen and oxygen atoms in total. The van der Waals surface area contributed by atoms with Crippen LogP contribution < -0.4 is 11.1 Å². The molecule has 2 aliphatic rings. The maximum Gasteiger partial charge on any atom is 0.261 e. The number of hydrogen-bond donors (Lipinski definition) is 0. The molecule has 2 atom stereocenters. The Labute approximate surface area is 160 Å². The number of fused-ring (bicyclic) bond motifs is 5. The molecule has 2 bridgehead atoms. The second kappa shape index (κ2) is 6.44. The summed E-state index contributed by atoms with van der Waals surface area (Å²) in [6.45, 7) is 1.13. The minimum atomic E-state index is -0.210. The summed E-state index contributed by atoms with van der Waals surface area (Å²) in [6.07, 6.45) is 3.15. The van der Waals surface area contributed by atoms with Crippen LogP contribution in [0.3, 0.4) is 0 Å². The number of rotatable bonds is 2. The van der Waals surface area contributed by atoms with Crippen molar-refractivity contribution in [2.24, 2.45) is 5.92 Å². The van der Waals surface area contributed by atoms with Gasteiger partial charge in [0, 0.05) is 24.8 Å². The van der Waals surface area contributed by atoms with Gasteiger partial charge in [0.05, 0.1) is 23.3 Å². The Bertz CT molecular complexity index is 1200. The second-order valence-corrected chi connectivity index (χ2v) is 7.68. The SMILES string of the molecule is O=C(Cn1cnc2ccccc2c1=O)N1C[C@H]2Cc3cccc(=O)n3[C@@H](C2)C1. The summed E-state index contributed by atoms with van der Waals surface area (Å²) in [5.74, 6) is 0.234. The number of likely N-dealkylation sites (tertiary alicyclic amines) is 1. The quantitative estimate of drug-likeness (QED) is 0.674. The van der Waals surface area contributed by atoms with E-state index in [1.54, 1.807) is 35.2 Å². The Morgan fingerprint density at radius 3 is 2.82 bits per heavy atom.